The third-order valence-corrected chi connectivity index (χ3v) is 3.06. The van der Waals surface area contributed by atoms with Crippen molar-refractivity contribution in [2.24, 2.45) is 0 Å². The minimum absolute atomic E-state index is 0.506. The first kappa shape index (κ1) is 11.7. The van der Waals surface area contributed by atoms with Crippen molar-refractivity contribution in [2.75, 3.05) is 0 Å². The van der Waals surface area contributed by atoms with Crippen molar-refractivity contribution >= 4 is 12.0 Å². The second-order valence-corrected chi connectivity index (χ2v) is 4.63. The highest BCUT2D eigenvalue weighted by molar-refractivity contribution is 5.85. The quantitative estimate of drug-likeness (QED) is 0.851. The lowest BCUT2D eigenvalue weighted by molar-refractivity contribution is -0.131. The monoisotopic (exact) mass is 255 g/mol. The molecular formula is C15H13NO3. The molecule has 0 bridgehead atoms. The van der Waals surface area contributed by atoms with Crippen LogP contribution in [0, 0.1) is 0 Å². The van der Waals surface area contributed by atoms with E-state index in [1.807, 2.05) is 24.3 Å². The van der Waals surface area contributed by atoms with E-state index in [0.717, 1.165) is 28.9 Å². The van der Waals surface area contributed by atoms with Crippen LogP contribution in [0.2, 0.25) is 0 Å². The normalized spacial score (nSPS) is 14.9. The maximum absolute atomic E-state index is 10.4. The van der Waals surface area contributed by atoms with Crippen LogP contribution in [0.25, 0.3) is 17.4 Å². The van der Waals surface area contributed by atoms with E-state index in [0.29, 0.717) is 5.92 Å². The molecule has 1 aliphatic rings. The van der Waals surface area contributed by atoms with E-state index in [4.69, 9.17) is 9.52 Å². The van der Waals surface area contributed by atoms with Crippen LogP contribution < -0.4 is 0 Å². The molecule has 0 radical (unpaired) electrons. The number of aromatic nitrogens is 1. The SMILES string of the molecule is O=C(O)/C=C/c1ccc(-c2cnc(C3CC3)o2)cc1. The summed E-state index contributed by atoms with van der Waals surface area (Å²) in [5, 5.41) is 8.56. The molecule has 0 aliphatic heterocycles. The molecule has 4 heteroatoms. The first-order chi connectivity index (χ1) is 9.22. The third-order valence-electron chi connectivity index (χ3n) is 3.06. The van der Waals surface area contributed by atoms with Gasteiger partial charge in [0, 0.05) is 17.6 Å². The molecular weight excluding hydrogens is 242 g/mol. The first-order valence-corrected chi connectivity index (χ1v) is 6.19. The van der Waals surface area contributed by atoms with E-state index in [9.17, 15) is 4.79 Å². The predicted molar refractivity (Wildman–Crippen MR) is 70.6 cm³/mol. The molecule has 1 fully saturated rings. The molecule has 1 aromatic carbocycles. The second kappa shape index (κ2) is 4.72. The van der Waals surface area contributed by atoms with Gasteiger partial charge in [-0.2, -0.15) is 0 Å². The van der Waals surface area contributed by atoms with Crippen molar-refractivity contribution in [3.05, 3.63) is 48.0 Å². The van der Waals surface area contributed by atoms with Gasteiger partial charge in [-0.15, -0.1) is 0 Å². The van der Waals surface area contributed by atoms with Crippen molar-refractivity contribution in [2.45, 2.75) is 18.8 Å². The smallest absolute Gasteiger partial charge is 0.328 e. The van der Waals surface area contributed by atoms with Crippen molar-refractivity contribution in [1.29, 1.82) is 0 Å². The molecule has 1 aromatic heterocycles. The van der Waals surface area contributed by atoms with Gasteiger partial charge >= 0.3 is 5.97 Å². The van der Waals surface area contributed by atoms with E-state index in [-0.39, 0.29) is 0 Å². The lowest BCUT2D eigenvalue weighted by Crippen LogP contribution is -1.85. The Hall–Kier alpha value is -2.36. The molecule has 0 atom stereocenters. The molecule has 4 nitrogen and oxygen atoms in total. The Morgan fingerprint density at radius 1 is 1.32 bits per heavy atom. The second-order valence-electron chi connectivity index (χ2n) is 4.63. The van der Waals surface area contributed by atoms with Gasteiger partial charge in [-0.1, -0.05) is 24.3 Å². The highest BCUT2D eigenvalue weighted by Crippen LogP contribution is 2.40. The maximum atomic E-state index is 10.4. The van der Waals surface area contributed by atoms with E-state index < -0.39 is 5.97 Å². The Balaban J connectivity index is 1.79. The minimum atomic E-state index is -0.951. The number of carbonyl (C=O) groups is 1. The summed E-state index contributed by atoms with van der Waals surface area (Å²) in [7, 11) is 0. The lowest BCUT2D eigenvalue weighted by Gasteiger charge is -1.97. The molecule has 0 spiro atoms. The van der Waals surface area contributed by atoms with Crippen LogP contribution in [0.1, 0.15) is 30.2 Å². The summed E-state index contributed by atoms with van der Waals surface area (Å²) < 4.78 is 5.71. The number of benzene rings is 1. The average Bonchev–Trinajstić information content (AvgIpc) is 3.15. The molecule has 3 rings (SSSR count). The number of oxazole rings is 1. The van der Waals surface area contributed by atoms with Crippen LogP contribution in [0.3, 0.4) is 0 Å². The van der Waals surface area contributed by atoms with Crippen LogP contribution in [-0.2, 0) is 4.79 Å². The fourth-order valence-electron chi connectivity index (χ4n) is 1.87. The van der Waals surface area contributed by atoms with Crippen LogP contribution in [0.5, 0.6) is 0 Å². The minimum Gasteiger partial charge on any atom is -0.478 e. The maximum Gasteiger partial charge on any atom is 0.328 e. The predicted octanol–water partition coefficient (Wildman–Crippen LogP) is 3.32. The van der Waals surface area contributed by atoms with Crippen LogP contribution in [0.4, 0.5) is 0 Å². The van der Waals surface area contributed by atoms with Crippen LogP contribution >= 0.6 is 0 Å². The number of aliphatic carboxylic acids is 1. The summed E-state index contributed by atoms with van der Waals surface area (Å²) in [6, 6.07) is 7.51. The molecule has 1 heterocycles. The third kappa shape index (κ3) is 2.73. The highest BCUT2D eigenvalue weighted by Gasteiger charge is 2.28. The van der Waals surface area contributed by atoms with Crippen LogP contribution in [-0.4, -0.2) is 16.1 Å². The molecule has 2 aromatic rings. The molecule has 1 saturated carbocycles. The fraction of sp³-hybridized carbons (Fsp3) is 0.200. The average molecular weight is 255 g/mol. The number of hydrogen-bond donors (Lipinski definition) is 1. The summed E-state index contributed by atoms with van der Waals surface area (Å²) in [4.78, 5) is 14.7. The van der Waals surface area contributed by atoms with Crippen LogP contribution in [0.15, 0.2) is 41.0 Å². The molecule has 19 heavy (non-hydrogen) atoms. The van der Waals surface area contributed by atoms with Crippen molar-refractivity contribution in [3.8, 4) is 11.3 Å². The number of carboxylic acids is 1. The van der Waals surface area contributed by atoms with Gasteiger partial charge in [0.25, 0.3) is 0 Å². The molecule has 1 aliphatic carbocycles. The van der Waals surface area contributed by atoms with Gasteiger partial charge < -0.3 is 9.52 Å². The fourth-order valence-corrected chi connectivity index (χ4v) is 1.87. The number of rotatable bonds is 4. The van der Waals surface area contributed by atoms with Gasteiger partial charge in [0.05, 0.1) is 6.20 Å². The summed E-state index contributed by atoms with van der Waals surface area (Å²) in [5.74, 6) is 1.14. The Morgan fingerprint density at radius 3 is 2.68 bits per heavy atom. The largest absolute Gasteiger partial charge is 0.478 e. The van der Waals surface area contributed by atoms with Crippen molar-refractivity contribution in [3.63, 3.8) is 0 Å². The zero-order valence-corrected chi connectivity index (χ0v) is 10.2. The van der Waals surface area contributed by atoms with E-state index >= 15 is 0 Å². The topological polar surface area (TPSA) is 63.3 Å². The summed E-state index contributed by atoms with van der Waals surface area (Å²) in [6.07, 6.45) is 6.75. The summed E-state index contributed by atoms with van der Waals surface area (Å²) in [5.41, 5.74) is 1.79. The van der Waals surface area contributed by atoms with E-state index in [1.54, 1.807) is 12.3 Å². The van der Waals surface area contributed by atoms with Gasteiger partial charge in [-0.25, -0.2) is 9.78 Å². The number of nitrogens with zero attached hydrogens (tertiary/aromatic N) is 1. The molecule has 1 N–H and O–H groups in total. The van der Waals surface area contributed by atoms with Gasteiger partial charge in [-0.3, -0.25) is 0 Å². The lowest BCUT2D eigenvalue weighted by atomic mass is 10.1. The van der Waals surface area contributed by atoms with Gasteiger partial charge in [0.2, 0.25) is 0 Å². The van der Waals surface area contributed by atoms with Gasteiger partial charge in [-0.05, 0) is 24.5 Å². The summed E-state index contributed by atoms with van der Waals surface area (Å²) >= 11 is 0. The molecule has 0 unspecified atom stereocenters. The van der Waals surface area contributed by atoms with Gasteiger partial charge in [0.1, 0.15) is 0 Å². The standard InChI is InChI=1S/C15H13NO3/c17-14(18)8-3-10-1-4-11(5-2-10)13-9-16-15(19-13)12-6-7-12/h1-5,8-9,12H,6-7H2,(H,17,18)/b8-3+. The van der Waals surface area contributed by atoms with E-state index in [2.05, 4.69) is 4.98 Å². The number of carboxylic acid groups (broad SMARTS) is 1. The zero-order chi connectivity index (χ0) is 13.2. The molecule has 96 valence electrons. The Morgan fingerprint density at radius 2 is 2.05 bits per heavy atom. The Kier molecular flexibility index (Phi) is 2.91. The highest BCUT2D eigenvalue weighted by atomic mass is 16.4. The summed E-state index contributed by atoms with van der Waals surface area (Å²) in [6.45, 7) is 0. The van der Waals surface area contributed by atoms with E-state index in [1.165, 1.54) is 12.8 Å². The molecule has 0 saturated heterocycles. The number of hydrogen-bond acceptors (Lipinski definition) is 3. The first-order valence-electron chi connectivity index (χ1n) is 6.19. The van der Waals surface area contributed by atoms with Gasteiger partial charge in [0.15, 0.2) is 11.7 Å². The Labute approximate surface area is 110 Å². The Bertz CT molecular complexity index is 621. The van der Waals surface area contributed by atoms with Crippen molar-refractivity contribution in [1.82, 2.24) is 4.98 Å². The van der Waals surface area contributed by atoms with Crippen molar-refractivity contribution < 1.29 is 14.3 Å². The zero-order valence-electron chi connectivity index (χ0n) is 10.2. The molecule has 0 amide bonds.